The van der Waals surface area contributed by atoms with Crippen molar-refractivity contribution in [2.45, 2.75) is 45.4 Å². The molecule has 1 fully saturated rings. The van der Waals surface area contributed by atoms with Gasteiger partial charge in [-0.2, -0.15) is 0 Å². The zero-order valence-corrected chi connectivity index (χ0v) is 12.7. The summed E-state index contributed by atoms with van der Waals surface area (Å²) in [5.41, 5.74) is -0.117. The second-order valence-corrected chi connectivity index (χ2v) is 6.13. The van der Waals surface area contributed by atoms with Gasteiger partial charge < -0.3 is 14.5 Å². The molecule has 0 aliphatic carbocycles. The van der Waals surface area contributed by atoms with Gasteiger partial charge in [0.1, 0.15) is 0 Å². The third-order valence-corrected chi connectivity index (χ3v) is 3.70. The number of morpholine rings is 1. The van der Waals surface area contributed by atoms with Gasteiger partial charge in [-0.15, -0.1) is 0 Å². The summed E-state index contributed by atoms with van der Waals surface area (Å²) >= 11 is 0. The number of nitrogens with one attached hydrogen (secondary N) is 1. The Morgan fingerprint density at radius 1 is 1.40 bits per heavy atom. The first-order valence-corrected chi connectivity index (χ1v) is 7.11. The van der Waals surface area contributed by atoms with E-state index in [0.717, 1.165) is 13.1 Å². The van der Waals surface area contributed by atoms with Crippen molar-refractivity contribution in [1.29, 1.82) is 0 Å². The average Bonchev–Trinajstić information content (AvgIpc) is 2.88. The number of hydrogen-bond donors (Lipinski definition) is 1. The van der Waals surface area contributed by atoms with Crippen LogP contribution in [0.25, 0.3) is 0 Å². The van der Waals surface area contributed by atoms with Gasteiger partial charge in [0.15, 0.2) is 5.76 Å². The van der Waals surface area contributed by atoms with Crippen LogP contribution in [-0.2, 0) is 4.74 Å². The predicted octanol–water partition coefficient (Wildman–Crippen LogP) is 1.90. The number of rotatable bonds is 4. The van der Waals surface area contributed by atoms with E-state index in [2.05, 4.69) is 37.9 Å². The highest BCUT2D eigenvalue weighted by Gasteiger charge is 2.33. The van der Waals surface area contributed by atoms with Crippen LogP contribution in [0.3, 0.4) is 0 Å². The Morgan fingerprint density at radius 2 is 2.05 bits per heavy atom. The van der Waals surface area contributed by atoms with Crippen LogP contribution in [-0.4, -0.2) is 48.2 Å². The molecular weight excluding hydrogens is 256 g/mol. The molecule has 1 aliphatic heterocycles. The normalized spacial score (nSPS) is 24.6. The molecule has 5 heteroatoms. The molecule has 2 heterocycles. The van der Waals surface area contributed by atoms with Gasteiger partial charge in [0.2, 0.25) is 0 Å². The van der Waals surface area contributed by atoms with Crippen LogP contribution in [0.4, 0.5) is 0 Å². The second kappa shape index (κ2) is 5.97. The second-order valence-electron chi connectivity index (χ2n) is 6.13. The van der Waals surface area contributed by atoms with E-state index >= 15 is 0 Å². The van der Waals surface area contributed by atoms with Crippen molar-refractivity contribution in [3.8, 4) is 0 Å². The molecule has 1 saturated heterocycles. The van der Waals surface area contributed by atoms with Crippen molar-refractivity contribution in [2.75, 3.05) is 19.6 Å². The number of nitrogens with zero attached hydrogens (tertiary/aromatic N) is 1. The molecule has 0 spiro atoms. The molecule has 112 valence electrons. The molecule has 2 rings (SSSR count). The predicted molar refractivity (Wildman–Crippen MR) is 76.7 cm³/mol. The lowest BCUT2D eigenvalue weighted by atomic mass is 10.00. The number of furan rings is 1. The van der Waals surface area contributed by atoms with Crippen LogP contribution in [0.2, 0.25) is 0 Å². The molecule has 1 aromatic rings. The lowest BCUT2D eigenvalue weighted by molar-refractivity contribution is -0.0948. The Morgan fingerprint density at radius 3 is 2.60 bits per heavy atom. The molecule has 1 amide bonds. The highest BCUT2D eigenvalue weighted by molar-refractivity contribution is 5.91. The third kappa shape index (κ3) is 3.61. The maximum Gasteiger partial charge on any atom is 0.287 e. The molecule has 2 atom stereocenters. The van der Waals surface area contributed by atoms with Gasteiger partial charge in [0, 0.05) is 25.2 Å². The molecule has 0 radical (unpaired) electrons. The summed E-state index contributed by atoms with van der Waals surface area (Å²) in [6, 6.07) is 3.38. The molecule has 0 saturated carbocycles. The molecule has 0 aromatic carbocycles. The van der Waals surface area contributed by atoms with Crippen molar-refractivity contribution in [1.82, 2.24) is 10.2 Å². The molecule has 0 bridgehead atoms. The Balaban J connectivity index is 1.91. The Hall–Kier alpha value is -1.33. The van der Waals surface area contributed by atoms with Gasteiger partial charge in [0.05, 0.1) is 18.5 Å². The van der Waals surface area contributed by atoms with Crippen LogP contribution in [0.15, 0.2) is 22.8 Å². The summed E-state index contributed by atoms with van der Waals surface area (Å²) < 4.78 is 10.8. The Bertz CT molecular complexity index is 432. The van der Waals surface area contributed by atoms with Gasteiger partial charge >= 0.3 is 0 Å². The van der Waals surface area contributed by atoms with Gasteiger partial charge in [-0.1, -0.05) is 0 Å². The van der Waals surface area contributed by atoms with Crippen LogP contribution < -0.4 is 5.32 Å². The Labute approximate surface area is 120 Å². The number of hydrogen-bond acceptors (Lipinski definition) is 4. The van der Waals surface area contributed by atoms with E-state index in [-0.39, 0.29) is 23.7 Å². The van der Waals surface area contributed by atoms with Crippen LogP contribution in [0, 0.1) is 0 Å². The van der Waals surface area contributed by atoms with E-state index in [9.17, 15) is 4.79 Å². The standard InChI is InChI=1S/C15H24N2O3/c1-11-8-17(9-12(2)20-11)15(3,4)10-16-14(18)13-6-5-7-19-13/h5-7,11-12H,8-10H2,1-4H3,(H,16,18). The molecule has 1 aliphatic rings. The molecule has 2 unspecified atom stereocenters. The number of amides is 1. The molecular formula is C15H24N2O3. The van der Waals surface area contributed by atoms with Crippen molar-refractivity contribution in [3.63, 3.8) is 0 Å². The number of carbonyl (C=O) groups is 1. The average molecular weight is 280 g/mol. The largest absolute Gasteiger partial charge is 0.459 e. The van der Waals surface area contributed by atoms with E-state index in [0.29, 0.717) is 12.3 Å². The van der Waals surface area contributed by atoms with E-state index in [4.69, 9.17) is 9.15 Å². The fourth-order valence-electron chi connectivity index (χ4n) is 2.58. The minimum absolute atomic E-state index is 0.117. The maximum absolute atomic E-state index is 11.9. The van der Waals surface area contributed by atoms with Crippen molar-refractivity contribution in [3.05, 3.63) is 24.2 Å². The first-order valence-electron chi connectivity index (χ1n) is 7.11. The highest BCUT2D eigenvalue weighted by atomic mass is 16.5. The smallest absolute Gasteiger partial charge is 0.287 e. The summed E-state index contributed by atoms with van der Waals surface area (Å²) in [5.74, 6) is 0.182. The summed E-state index contributed by atoms with van der Waals surface area (Å²) in [7, 11) is 0. The van der Waals surface area contributed by atoms with Gasteiger partial charge in [0.25, 0.3) is 5.91 Å². The van der Waals surface area contributed by atoms with E-state index in [1.54, 1.807) is 12.1 Å². The maximum atomic E-state index is 11.9. The van der Waals surface area contributed by atoms with Crippen LogP contribution in [0.5, 0.6) is 0 Å². The fourth-order valence-corrected chi connectivity index (χ4v) is 2.58. The summed E-state index contributed by atoms with van der Waals surface area (Å²) in [6.45, 7) is 10.8. The van der Waals surface area contributed by atoms with Crippen molar-refractivity contribution >= 4 is 5.91 Å². The fraction of sp³-hybridized carbons (Fsp3) is 0.667. The quantitative estimate of drug-likeness (QED) is 0.915. The molecule has 5 nitrogen and oxygen atoms in total. The van der Waals surface area contributed by atoms with Gasteiger partial charge in [-0.05, 0) is 39.8 Å². The lowest BCUT2D eigenvalue weighted by Gasteiger charge is -2.45. The lowest BCUT2D eigenvalue weighted by Crippen LogP contribution is -2.58. The van der Waals surface area contributed by atoms with Crippen LogP contribution in [0.1, 0.15) is 38.2 Å². The van der Waals surface area contributed by atoms with E-state index < -0.39 is 0 Å². The molecule has 1 N–H and O–H groups in total. The monoisotopic (exact) mass is 280 g/mol. The Kier molecular flexibility index (Phi) is 4.50. The number of ether oxygens (including phenoxy) is 1. The zero-order valence-electron chi connectivity index (χ0n) is 12.7. The topological polar surface area (TPSA) is 54.7 Å². The minimum atomic E-state index is -0.169. The van der Waals surface area contributed by atoms with Crippen molar-refractivity contribution < 1.29 is 13.9 Å². The van der Waals surface area contributed by atoms with Gasteiger partial charge in [-0.3, -0.25) is 9.69 Å². The molecule has 20 heavy (non-hydrogen) atoms. The summed E-state index contributed by atoms with van der Waals surface area (Å²) in [6.07, 6.45) is 1.95. The minimum Gasteiger partial charge on any atom is -0.459 e. The SMILES string of the molecule is CC1CN(C(C)(C)CNC(=O)c2ccco2)CC(C)O1. The summed E-state index contributed by atoms with van der Waals surface area (Å²) in [5, 5.41) is 2.94. The first kappa shape index (κ1) is 15.1. The van der Waals surface area contributed by atoms with E-state index in [1.807, 2.05) is 0 Å². The first-order chi connectivity index (χ1) is 9.38. The van der Waals surface area contributed by atoms with E-state index in [1.165, 1.54) is 6.26 Å². The number of carbonyl (C=O) groups excluding carboxylic acids is 1. The summed E-state index contributed by atoms with van der Waals surface area (Å²) in [4.78, 5) is 14.3. The third-order valence-electron chi connectivity index (χ3n) is 3.70. The van der Waals surface area contributed by atoms with Crippen molar-refractivity contribution in [2.24, 2.45) is 0 Å². The van der Waals surface area contributed by atoms with Crippen LogP contribution >= 0.6 is 0 Å². The van der Waals surface area contributed by atoms with Gasteiger partial charge in [-0.25, -0.2) is 0 Å². The molecule has 1 aromatic heterocycles. The zero-order chi connectivity index (χ0) is 14.8. The highest BCUT2D eigenvalue weighted by Crippen LogP contribution is 2.20.